The van der Waals surface area contributed by atoms with Gasteiger partial charge in [0, 0.05) is 12.1 Å². The second-order valence-corrected chi connectivity index (χ2v) is 23.2. The molecule has 0 amide bonds. The quantitative estimate of drug-likeness (QED) is 0.119. The monoisotopic (exact) mass is 602 g/mol. The molecule has 0 fully saturated rings. The highest BCUT2D eigenvalue weighted by molar-refractivity contribution is 6.75. The molecule has 0 bridgehead atoms. The third kappa shape index (κ3) is 6.55. The van der Waals surface area contributed by atoms with Crippen molar-refractivity contribution in [1.82, 2.24) is 0 Å². The van der Waals surface area contributed by atoms with Crippen LogP contribution in [-0.4, -0.2) is 22.6 Å². The summed E-state index contributed by atoms with van der Waals surface area (Å²) in [5, 5.41) is 0.181. The van der Waals surface area contributed by atoms with Crippen molar-refractivity contribution in [3.8, 4) is 28.4 Å². The number of rotatable bonds is 7. The first-order valence-electron chi connectivity index (χ1n) is 14.2. The topological polar surface area (TPSA) is 75.0 Å². The first kappa shape index (κ1) is 31.3. The van der Waals surface area contributed by atoms with E-state index < -0.39 is 22.6 Å². The van der Waals surface area contributed by atoms with E-state index in [-0.39, 0.29) is 32.2 Å². The van der Waals surface area contributed by atoms with Crippen molar-refractivity contribution >= 4 is 33.6 Å². The van der Waals surface area contributed by atoms with Crippen LogP contribution in [0.3, 0.4) is 0 Å². The lowest BCUT2D eigenvalue weighted by Gasteiger charge is -2.36. The predicted octanol–water partition coefficient (Wildman–Crippen LogP) is 9.45. The van der Waals surface area contributed by atoms with Gasteiger partial charge in [-0.2, -0.15) is 0 Å². The Hall–Kier alpha value is -3.63. The summed E-state index contributed by atoms with van der Waals surface area (Å²) in [7, 11) is -4.25. The molecule has 0 N–H and O–H groups in total. The molecule has 42 heavy (non-hydrogen) atoms. The Morgan fingerprint density at radius 1 is 0.738 bits per heavy atom. The van der Waals surface area contributed by atoms with E-state index in [1.54, 1.807) is 36.4 Å². The van der Waals surface area contributed by atoms with E-state index in [9.17, 15) is 9.59 Å². The minimum absolute atomic E-state index is 0.0613. The molecular weight excluding hydrogens is 561 g/mol. The van der Waals surface area contributed by atoms with Crippen LogP contribution < -0.4 is 19.0 Å². The van der Waals surface area contributed by atoms with Gasteiger partial charge in [0.05, 0.1) is 11.1 Å². The van der Waals surface area contributed by atoms with Gasteiger partial charge in [-0.3, -0.25) is 4.79 Å². The molecule has 0 atom stereocenters. The molecule has 8 heteroatoms. The molecule has 1 aromatic heterocycles. The number of carbonyl (C=O) groups excluding carboxylic acids is 1. The molecule has 0 aliphatic heterocycles. The number of esters is 1. The number of fused-ring (bicyclic) bond motifs is 1. The molecule has 0 spiro atoms. The van der Waals surface area contributed by atoms with Crippen LogP contribution in [0.15, 0.2) is 82.2 Å². The second kappa shape index (κ2) is 11.2. The zero-order valence-electron chi connectivity index (χ0n) is 26.4. The summed E-state index contributed by atoms with van der Waals surface area (Å²) in [6.45, 7) is 21.7. The molecule has 0 aliphatic rings. The maximum Gasteiger partial charge on any atom is 0.343 e. The van der Waals surface area contributed by atoms with Gasteiger partial charge >= 0.3 is 5.97 Å². The maximum absolute atomic E-state index is 14.0. The first-order valence-corrected chi connectivity index (χ1v) is 20.1. The van der Waals surface area contributed by atoms with Crippen LogP contribution in [0.5, 0.6) is 17.2 Å². The summed E-state index contributed by atoms with van der Waals surface area (Å²) >= 11 is 0. The highest BCUT2D eigenvalue weighted by Crippen LogP contribution is 2.40. The lowest BCUT2D eigenvalue weighted by Crippen LogP contribution is -2.43. The van der Waals surface area contributed by atoms with Gasteiger partial charge in [0.25, 0.3) is 0 Å². The third-order valence-corrected chi connectivity index (χ3v) is 17.3. The fourth-order valence-electron chi connectivity index (χ4n) is 3.86. The van der Waals surface area contributed by atoms with Crippen molar-refractivity contribution in [2.24, 2.45) is 0 Å². The van der Waals surface area contributed by atoms with E-state index in [4.69, 9.17) is 18.0 Å². The van der Waals surface area contributed by atoms with Crippen LogP contribution in [-0.2, 0) is 0 Å². The van der Waals surface area contributed by atoms with Crippen molar-refractivity contribution in [3.63, 3.8) is 0 Å². The molecule has 4 aromatic rings. The van der Waals surface area contributed by atoms with E-state index in [1.807, 2.05) is 30.3 Å². The Labute approximate surface area is 250 Å². The van der Waals surface area contributed by atoms with E-state index >= 15 is 0 Å². The van der Waals surface area contributed by atoms with Crippen molar-refractivity contribution in [1.29, 1.82) is 0 Å². The number of ether oxygens (including phenoxy) is 1. The highest BCUT2D eigenvalue weighted by atomic mass is 28.4. The van der Waals surface area contributed by atoms with Crippen LogP contribution >= 0.6 is 0 Å². The van der Waals surface area contributed by atoms with E-state index in [0.717, 1.165) is 5.75 Å². The van der Waals surface area contributed by atoms with Crippen LogP contribution in [0, 0.1) is 0 Å². The minimum atomic E-state index is -2.24. The van der Waals surface area contributed by atoms with Crippen molar-refractivity contribution in [2.75, 3.05) is 0 Å². The summed E-state index contributed by atoms with van der Waals surface area (Å²) in [4.78, 5) is 27.1. The third-order valence-electron chi connectivity index (χ3n) is 8.55. The normalized spacial score (nSPS) is 12.7. The Balaban J connectivity index is 1.79. The average molecular weight is 603 g/mol. The fourth-order valence-corrected chi connectivity index (χ4v) is 5.91. The lowest BCUT2D eigenvalue weighted by molar-refractivity contribution is 0.0737. The molecule has 1 heterocycles. The predicted molar refractivity (Wildman–Crippen MR) is 175 cm³/mol. The number of hydrogen-bond donors (Lipinski definition) is 0. The average Bonchev–Trinajstić information content (AvgIpc) is 2.88. The number of benzene rings is 3. The molecule has 6 nitrogen and oxygen atoms in total. The molecular formula is C34H42O6Si2. The molecule has 222 valence electrons. The van der Waals surface area contributed by atoms with Gasteiger partial charge in [-0.15, -0.1) is 0 Å². The van der Waals surface area contributed by atoms with Gasteiger partial charge in [-0.25, -0.2) is 4.79 Å². The Morgan fingerprint density at radius 2 is 1.29 bits per heavy atom. The van der Waals surface area contributed by atoms with Gasteiger partial charge < -0.3 is 18.0 Å². The number of hydrogen-bond acceptors (Lipinski definition) is 6. The van der Waals surface area contributed by atoms with Crippen molar-refractivity contribution < 1.29 is 22.8 Å². The van der Waals surface area contributed by atoms with Crippen LogP contribution in [0.2, 0.25) is 36.3 Å². The molecule has 0 aliphatic carbocycles. The Bertz CT molecular complexity index is 1640. The van der Waals surface area contributed by atoms with Crippen LogP contribution in [0.4, 0.5) is 0 Å². The first-order chi connectivity index (χ1) is 19.4. The number of carbonyl (C=O) groups is 1. The Kier molecular flexibility index (Phi) is 8.37. The zero-order valence-corrected chi connectivity index (χ0v) is 28.4. The molecule has 4 rings (SSSR count). The summed E-state index contributed by atoms with van der Waals surface area (Å²) in [5.41, 5.74) is 1.39. The lowest BCUT2D eigenvalue weighted by atomic mass is 10.0. The molecule has 0 saturated heterocycles. The maximum atomic E-state index is 14.0. The largest absolute Gasteiger partial charge is 0.544 e. The SMILES string of the molecule is CC(C)(C)[Si](C)(C)Oc1ccc(-c2coc3cc(O[Si](C)(C)C(C)(C)C)cc(OC(=O)c4ccccc4)c3c2=O)cc1. The van der Waals surface area contributed by atoms with E-state index in [2.05, 4.69) is 67.7 Å². The minimum Gasteiger partial charge on any atom is -0.544 e. The highest BCUT2D eigenvalue weighted by Gasteiger charge is 2.40. The molecule has 3 aromatic carbocycles. The fraction of sp³-hybridized carbons (Fsp3) is 0.353. The summed E-state index contributed by atoms with van der Waals surface area (Å²) in [6, 6.07) is 19.5. The van der Waals surface area contributed by atoms with Gasteiger partial charge in [0.2, 0.25) is 22.1 Å². The summed E-state index contributed by atoms with van der Waals surface area (Å²) in [6.07, 6.45) is 1.45. The zero-order chi connectivity index (χ0) is 31.1. The standard InChI is InChI=1S/C34H42O6Si2/c1-33(2,3)41(7,8)39-25-18-16-23(17-19-25)27-22-37-28-20-26(40-42(9,10)34(4,5)6)21-29(30(28)31(27)35)38-32(36)24-14-12-11-13-15-24/h11-22H,1-10H3. The van der Waals surface area contributed by atoms with Crippen molar-refractivity contribution in [2.45, 2.75) is 77.8 Å². The summed E-state index contributed by atoms with van der Waals surface area (Å²) in [5.74, 6) is 0.787. The van der Waals surface area contributed by atoms with Gasteiger partial charge in [-0.05, 0) is 66.1 Å². The Morgan fingerprint density at radius 3 is 1.83 bits per heavy atom. The van der Waals surface area contributed by atoms with Crippen LogP contribution in [0.1, 0.15) is 51.9 Å². The smallest absolute Gasteiger partial charge is 0.343 e. The van der Waals surface area contributed by atoms with Gasteiger partial charge in [0.15, 0.2) is 0 Å². The summed E-state index contributed by atoms with van der Waals surface area (Å²) < 4.78 is 24.8. The van der Waals surface area contributed by atoms with E-state index in [1.165, 1.54) is 6.26 Å². The van der Waals surface area contributed by atoms with Crippen LogP contribution in [0.25, 0.3) is 22.1 Å². The van der Waals surface area contributed by atoms with E-state index in [0.29, 0.717) is 22.4 Å². The molecule has 0 unspecified atom stereocenters. The molecule has 0 radical (unpaired) electrons. The second-order valence-electron chi connectivity index (χ2n) is 13.8. The van der Waals surface area contributed by atoms with Crippen molar-refractivity contribution in [3.05, 3.63) is 88.8 Å². The van der Waals surface area contributed by atoms with Gasteiger partial charge in [-0.1, -0.05) is 71.9 Å². The van der Waals surface area contributed by atoms with Gasteiger partial charge in [0.1, 0.15) is 34.5 Å². The molecule has 0 saturated carbocycles.